The van der Waals surface area contributed by atoms with Gasteiger partial charge in [-0.1, -0.05) is 34.1 Å². The lowest BCUT2D eigenvalue weighted by molar-refractivity contribution is -0.131. The zero-order chi connectivity index (χ0) is 15.6. The van der Waals surface area contributed by atoms with Crippen LogP contribution in [0, 0.1) is 5.41 Å². The van der Waals surface area contributed by atoms with Gasteiger partial charge in [-0.2, -0.15) is 0 Å². The first-order valence-corrected chi connectivity index (χ1v) is 8.78. The maximum atomic E-state index is 12.5. The summed E-state index contributed by atoms with van der Waals surface area (Å²) in [7, 11) is 1.89. The third-order valence-electron chi connectivity index (χ3n) is 5.00. The van der Waals surface area contributed by atoms with Crippen LogP contribution >= 0.6 is 15.9 Å². The summed E-state index contributed by atoms with van der Waals surface area (Å²) < 4.78 is 1.06. The molecule has 1 amide bonds. The van der Waals surface area contributed by atoms with Crippen LogP contribution in [0.2, 0.25) is 0 Å². The molecule has 2 aliphatic rings. The number of likely N-dealkylation sites (tertiary alicyclic amines) is 1. The van der Waals surface area contributed by atoms with E-state index in [0.29, 0.717) is 18.5 Å². The normalized spacial score (nSPS) is 25.0. The van der Waals surface area contributed by atoms with Gasteiger partial charge in [0.25, 0.3) is 0 Å². The first-order valence-electron chi connectivity index (χ1n) is 7.98. The maximum absolute atomic E-state index is 12.5. The molecule has 1 N–H and O–H groups in total. The predicted octanol–water partition coefficient (Wildman–Crippen LogP) is 2.09. The highest BCUT2D eigenvalue weighted by Crippen LogP contribution is 2.35. The summed E-state index contributed by atoms with van der Waals surface area (Å²) in [6, 6.07) is 8.08. The van der Waals surface area contributed by atoms with Gasteiger partial charge in [-0.3, -0.25) is 9.69 Å². The van der Waals surface area contributed by atoms with Crippen LogP contribution in [0.1, 0.15) is 18.4 Å². The van der Waals surface area contributed by atoms with Crippen LogP contribution in [0.15, 0.2) is 28.7 Å². The van der Waals surface area contributed by atoms with Crippen LogP contribution in [0.3, 0.4) is 0 Å². The van der Waals surface area contributed by atoms with Gasteiger partial charge in [0, 0.05) is 31.2 Å². The molecule has 120 valence electrons. The molecule has 0 radical (unpaired) electrons. The molecule has 0 aliphatic carbocycles. The van der Waals surface area contributed by atoms with Gasteiger partial charge in [0.2, 0.25) is 5.91 Å². The molecular weight excluding hydrogens is 342 g/mol. The van der Waals surface area contributed by atoms with Crippen LogP contribution in [-0.4, -0.2) is 55.5 Å². The van der Waals surface area contributed by atoms with E-state index < -0.39 is 0 Å². The minimum atomic E-state index is 0.207. The number of hydrogen-bond acceptors (Lipinski definition) is 3. The minimum absolute atomic E-state index is 0.207. The van der Waals surface area contributed by atoms with Crippen LogP contribution in [0.4, 0.5) is 0 Å². The molecule has 22 heavy (non-hydrogen) atoms. The first-order chi connectivity index (χ1) is 10.6. The average molecular weight is 366 g/mol. The van der Waals surface area contributed by atoms with E-state index >= 15 is 0 Å². The monoisotopic (exact) mass is 365 g/mol. The second-order valence-corrected chi connectivity index (χ2v) is 7.58. The van der Waals surface area contributed by atoms with E-state index in [0.717, 1.165) is 36.2 Å². The number of likely N-dealkylation sites (N-methyl/N-ethyl adjacent to an activating group) is 1. The second-order valence-electron chi connectivity index (χ2n) is 6.73. The molecule has 4 nitrogen and oxygen atoms in total. The first kappa shape index (κ1) is 16.0. The largest absolute Gasteiger partial charge is 0.340 e. The van der Waals surface area contributed by atoms with Crippen molar-refractivity contribution in [2.75, 3.05) is 39.8 Å². The number of nitrogens with zero attached hydrogens (tertiary/aromatic N) is 2. The molecule has 1 aromatic rings. The Hall–Kier alpha value is -0.910. The van der Waals surface area contributed by atoms with Crippen LogP contribution in [0.25, 0.3) is 0 Å². The molecule has 1 atom stereocenters. The highest BCUT2D eigenvalue weighted by atomic mass is 79.9. The van der Waals surface area contributed by atoms with E-state index in [4.69, 9.17) is 0 Å². The summed E-state index contributed by atoms with van der Waals surface area (Å²) in [4.78, 5) is 16.6. The number of amides is 1. The number of nitrogens with one attached hydrogen (secondary N) is 1. The van der Waals surface area contributed by atoms with E-state index in [2.05, 4.69) is 32.2 Å². The van der Waals surface area contributed by atoms with Gasteiger partial charge in [0.1, 0.15) is 0 Å². The van der Waals surface area contributed by atoms with Crippen molar-refractivity contribution in [1.82, 2.24) is 15.1 Å². The Bertz CT molecular complexity index is 542. The van der Waals surface area contributed by atoms with Crippen molar-refractivity contribution in [3.05, 3.63) is 34.3 Å². The molecule has 0 aromatic heterocycles. The topological polar surface area (TPSA) is 35.6 Å². The molecule has 1 aromatic carbocycles. The standard InChI is InChI=1S/C17H24BrN3O/c1-20(10-14-4-2-3-5-15(14)18)16(22)11-21-9-7-17(13-21)6-8-19-12-17/h2-5,19H,6-13H2,1H3. The maximum Gasteiger partial charge on any atom is 0.236 e. The fourth-order valence-corrected chi connectivity index (χ4v) is 4.00. The van der Waals surface area contributed by atoms with Gasteiger partial charge in [-0.05, 0) is 43.0 Å². The molecule has 1 unspecified atom stereocenters. The summed E-state index contributed by atoms with van der Waals surface area (Å²) in [6.07, 6.45) is 2.48. The Morgan fingerprint density at radius 3 is 2.95 bits per heavy atom. The molecule has 2 saturated heterocycles. The number of halogens is 1. The van der Waals surface area contributed by atoms with Crippen molar-refractivity contribution in [3.63, 3.8) is 0 Å². The molecule has 2 aliphatic heterocycles. The molecule has 2 heterocycles. The van der Waals surface area contributed by atoms with E-state index in [1.807, 2.05) is 30.1 Å². The van der Waals surface area contributed by atoms with E-state index in [-0.39, 0.29) is 5.91 Å². The third-order valence-corrected chi connectivity index (χ3v) is 5.77. The van der Waals surface area contributed by atoms with E-state index in [1.165, 1.54) is 12.8 Å². The summed E-state index contributed by atoms with van der Waals surface area (Å²) in [6.45, 7) is 5.56. The Morgan fingerprint density at radius 2 is 2.23 bits per heavy atom. The highest BCUT2D eigenvalue weighted by molar-refractivity contribution is 9.10. The summed E-state index contributed by atoms with van der Waals surface area (Å²) in [5, 5.41) is 3.46. The van der Waals surface area contributed by atoms with Crippen molar-refractivity contribution < 1.29 is 4.79 Å². The van der Waals surface area contributed by atoms with Gasteiger partial charge >= 0.3 is 0 Å². The number of hydrogen-bond donors (Lipinski definition) is 1. The SMILES string of the molecule is CN(Cc1ccccc1Br)C(=O)CN1CCC2(CCNC2)C1. The van der Waals surface area contributed by atoms with E-state index in [9.17, 15) is 4.79 Å². The second kappa shape index (κ2) is 6.69. The van der Waals surface area contributed by atoms with Gasteiger partial charge in [-0.15, -0.1) is 0 Å². The van der Waals surface area contributed by atoms with Crippen LogP contribution < -0.4 is 5.32 Å². The number of benzene rings is 1. The Morgan fingerprint density at radius 1 is 1.41 bits per heavy atom. The van der Waals surface area contributed by atoms with Crippen molar-refractivity contribution in [2.45, 2.75) is 19.4 Å². The zero-order valence-electron chi connectivity index (χ0n) is 13.1. The van der Waals surface area contributed by atoms with Gasteiger partial charge in [0.05, 0.1) is 6.54 Å². The van der Waals surface area contributed by atoms with Crippen molar-refractivity contribution in [2.24, 2.45) is 5.41 Å². The van der Waals surface area contributed by atoms with Crippen LogP contribution in [-0.2, 0) is 11.3 Å². The Labute approximate surface area is 141 Å². The summed E-state index contributed by atoms with van der Waals surface area (Å²) in [5.74, 6) is 0.207. The third kappa shape index (κ3) is 3.53. The summed E-state index contributed by atoms with van der Waals surface area (Å²) in [5.41, 5.74) is 1.58. The van der Waals surface area contributed by atoms with Crippen molar-refractivity contribution in [3.8, 4) is 0 Å². The average Bonchev–Trinajstić information content (AvgIpc) is 3.12. The quantitative estimate of drug-likeness (QED) is 0.887. The number of carbonyl (C=O) groups excluding carboxylic acids is 1. The smallest absolute Gasteiger partial charge is 0.236 e. The molecular formula is C17H24BrN3O. The molecule has 5 heteroatoms. The lowest BCUT2D eigenvalue weighted by Crippen LogP contribution is -2.38. The van der Waals surface area contributed by atoms with Gasteiger partial charge < -0.3 is 10.2 Å². The predicted molar refractivity (Wildman–Crippen MR) is 91.6 cm³/mol. The lowest BCUT2D eigenvalue weighted by atomic mass is 9.87. The summed E-state index contributed by atoms with van der Waals surface area (Å²) >= 11 is 3.55. The Kier molecular flexibility index (Phi) is 4.85. The highest BCUT2D eigenvalue weighted by Gasteiger charge is 2.40. The molecule has 1 spiro atoms. The van der Waals surface area contributed by atoms with Gasteiger partial charge in [0.15, 0.2) is 0 Å². The van der Waals surface area contributed by atoms with Crippen molar-refractivity contribution in [1.29, 1.82) is 0 Å². The van der Waals surface area contributed by atoms with Crippen LogP contribution in [0.5, 0.6) is 0 Å². The lowest BCUT2D eigenvalue weighted by Gasteiger charge is -2.24. The number of carbonyl (C=O) groups is 1. The zero-order valence-corrected chi connectivity index (χ0v) is 14.7. The fourth-order valence-electron chi connectivity index (χ4n) is 3.59. The molecule has 0 saturated carbocycles. The van der Waals surface area contributed by atoms with E-state index in [1.54, 1.807) is 0 Å². The van der Waals surface area contributed by atoms with Crippen molar-refractivity contribution >= 4 is 21.8 Å². The molecule has 3 rings (SSSR count). The molecule has 2 fully saturated rings. The minimum Gasteiger partial charge on any atom is -0.340 e. The fraction of sp³-hybridized carbons (Fsp3) is 0.588. The Balaban J connectivity index is 1.52. The molecule has 0 bridgehead atoms. The van der Waals surface area contributed by atoms with Gasteiger partial charge in [-0.25, -0.2) is 0 Å². The number of rotatable bonds is 4.